The van der Waals surface area contributed by atoms with Gasteiger partial charge in [-0.15, -0.1) is 0 Å². The lowest BCUT2D eigenvalue weighted by molar-refractivity contribution is -0.385. The summed E-state index contributed by atoms with van der Waals surface area (Å²) in [6, 6.07) is 28.8. The van der Waals surface area contributed by atoms with Gasteiger partial charge in [0.2, 0.25) is 0 Å². The van der Waals surface area contributed by atoms with E-state index in [2.05, 4.69) is 33.4 Å². The topological polar surface area (TPSA) is 122 Å². The van der Waals surface area contributed by atoms with Crippen LogP contribution < -0.4 is 0 Å². The van der Waals surface area contributed by atoms with E-state index in [1.807, 2.05) is 36.4 Å². The van der Waals surface area contributed by atoms with Crippen LogP contribution in [-0.2, 0) is 13.1 Å². The molecule has 0 N–H and O–H groups in total. The normalized spacial score (nSPS) is 11.6. The summed E-state index contributed by atoms with van der Waals surface area (Å²) in [5.74, 6) is 0. The molecule has 0 atom stereocenters. The van der Waals surface area contributed by atoms with E-state index in [-0.39, 0.29) is 11.4 Å². The van der Waals surface area contributed by atoms with Crippen molar-refractivity contribution in [2.24, 2.45) is 0 Å². The van der Waals surface area contributed by atoms with Crippen molar-refractivity contribution in [2.75, 3.05) is 0 Å². The smallest absolute Gasteiger partial charge is 0.270 e. The predicted octanol–water partition coefficient (Wildman–Crippen LogP) is 10.2. The molecular formula is C37H24Cl2N6O4. The van der Waals surface area contributed by atoms with E-state index in [1.165, 1.54) is 36.4 Å². The highest BCUT2D eigenvalue weighted by molar-refractivity contribution is 6.34. The van der Waals surface area contributed by atoms with Gasteiger partial charge in [-0.25, -0.2) is 0 Å². The minimum Gasteiger partial charge on any atom is -0.339 e. The number of nitro groups is 2. The predicted molar refractivity (Wildman–Crippen MR) is 193 cm³/mol. The van der Waals surface area contributed by atoms with Crippen molar-refractivity contribution >= 4 is 78.2 Å². The van der Waals surface area contributed by atoms with E-state index in [0.717, 1.165) is 43.6 Å². The molecule has 0 saturated carbocycles. The average Bonchev–Trinajstić information content (AvgIpc) is 3.61. The van der Waals surface area contributed by atoms with Crippen molar-refractivity contribution in [1.29, 1.82) is 0 Å². The van der Waals surface area contributed by atoms with Gasteiger partial charge in [0.1, 0.15) is 0 Å². The molecule has 0 fully saturated rings. The Bertz CT molecular complexity index is 2470. The third kappa shape index (κ3) is 5.04. The number of benzene rings is 4. The van der Waals surface area contributed by atoms with E-state index in [4.69, 9.17) is 33.2 Å². The maximum atomic E-state index is 11.7. The maximum absolute atomic E-state index is 11.7. The van der Waals surface area contributed by atoms with Gasteiger partial charge in [-0.1, -0.05) is 59.6 Å². The van der Waals surface area contributed by atoms with E-state index < -0.39 is 9.85 Å². The first-order valence-electron chi connectivity index (χ1n) is 15.4. The van der Waals surface area contributed by atoms with Gasteiger partial charge in [0.15, 0.2) is 0 Å². The highest BCUT2D eigenvalue weighted by atomic mass is 35.5. The first kappa shape index (κ1) is 30.5. The molecule has 12 heteroatoms. The number of rotatable bonds is 8. The highest BCUT2D eigenvalue weighted by Crippen LogP contribution is 2.40. The van der Waals surface area contributed by atoms with Gasteiger partial charge in [0.25, 0.3) is 11.4 Å². The second kappa shape index (κ2) is 12.0. The van der Waals surface area contributed by atoms with Crippen LogP contribution in [0.1, 0.15) is 6.42 Å². The molecule has 4 aromatic heterocycles. The van der Waals surface area contributed by atoms with E-state index in [1.54, 1.807) is 12.4 Å². The number of non-ortho nitro benzene ring substituents is 2. The molecule has 0 saturated heterocycles. The fourth-order valence-corrected chi connectivity index (χ4v) is 7.28. The number of fused-ring (bicyclic) bond motifs is 6. The molecule has 0 aliphatic rings. The van der Waals surface area contributed by atoms with Crippen LogP contribution in [0.5, 0.6) is 0 Å². The van der Waals surface area contributed by atoms with Crippen LogP contribution in [0.15, 0.2) is 109 Å². The van der Waals surface area contributed by atoms with Crippen molar-refractivity contribution in [3.8, 4) is 22.5 Å². The number of hydrogen-bond acceptors (Lipinski definition) is 6. The third-order valence-electron chi connectivity index (χ3n) is 8.95. The molecule has 0 amide bonds. The molecule has 0 bridgehead atoms. The van der Waals surface area contributed by atoms with Gasteiger partial charge in [-0.2, -0.15) is 0 Å². The number of halogens is 2. The molecule has 8 rings (SSSR count). The monoisotopic (exact) mass is 686 g/mol. The third-order valence-corrected chi connectivity index (χ3v) is 9.61. The molecule has 8 aromatic rings. The number of hydrogen-bond donors (Lipinski definition) is 0. The van der Waals surface area contributed by atoms with Crippen LogP contribution in [0.3, 0.4) is 0 Å². The largest absolute Gasteiger partial charge is 0.339 e. The van der Waals surface area contributed by atoms with E-state index in [9.17, 15) is 20.2 Å². The Balaban J connectivity index is 1.27. The number of nitrogens with zero attached hydrogens (tertiary/aromatic N) is 6. The minimum absolute atomic E-state index is 0.0690. The molecule has 49 heavy (non-hydrogen) atoms. The summed E-state index contributed by atoms with van der Waals surface area (Å²) in [5, 5.41) is 28.1. The van der Waals surface area contributed by atoms with Crippen LogP contribution in [0.2, 0.25) is 10.0 Å². The van der Waals surface area contributed by atoms with Crippen molar-refractivity contribution in [3.05, 3.63) is 140 Å². The molecule has 4 heterocycles. The Hall–Kier alpha value is -5.84. The Morgan fingerprint density at radius 3 is 1.43 bits per heavy atom. The average molecular weight is 688 g/mol. The Morgan fingerprint density at radius 2 is 1.00 bits per heavy atom. The Labute approximate surface area is 288 Å². The zero-order valence-electron chi connectivity index (χ0n) is 25.6. The molecule has 0 aliphatic carbocycles. The summed E-state index contributed by atoms with van der Waals surface area (Å²) in [5.41, 5.74) is 5.62. The lowest BCUT2D eigenvalue weighted by Gasteiger charge is -2.14. The summed E-state index contributed by atoms with van der Waals surface area (Å²) in [4.78, 5) is 31.9. The number of aromatic nitrogens is 4. The van der Waals surface area contributed by atoms with Crippen LogP contribution >= 0.6 is 23.2 Å². The van der Waals surface area contributed by atoms with Crippen LogP contribution in [0, 0.1) is 20.2 Å². The highest BCUT2D eigenvalue weighted by Gasteiger charge is 2.22. The number of aryl methyl sites for hydroxylation is 2. The second-order valence-electron chi connectivity index (χ2n) is 11.6. The summed E-state index contributed by atoms with van der Waals surface area (Å²) in [6.07, 6.45) is 4.08. The maximum Gasteiger partial charge on any atom is 0.270 e. The van der Waals surface area contributed by atoms with E-state index >= 15 is 0 Å². The summed E-state index contributed by atoms with van der Waals surface area (Å²) in [7, 11) is 0. The molecule has 4 aromatic carbocycles. The van der Waals surface area contributed by atoms with E-state index in [0.29, 0.717) is 52.1 Å². The Morgan fingerprint density at radius 1 is 0.571 bits per heavy atom. The molecule has 240 valence electrons. The first-order chi connectivity index (χ1) is 23.8. The zero-order valence-corrected chi connectivity index (χ0v) is 27.1. The molecule has 10 nitrogen and oxygen atoms in total. The van der Waals surface area contributed by atoms with Crippen LogP contribution in [-0.4, -0.2) is 28.9 Å². The van der Waals surface area contributed by atoms with Gasteiger partial charge in [0.05, 0.1) is 42.3 Å². The number of pyridine rings is 2. The van der Waals surface area contributed by atoms with Gasteiger partial charge in [-0.05, 0) is 42.8 Å². The van der Waals surface area contributed by atoms with Gasteiger partial charge in [-0.3, -0.25) is 30.2 Å². The number of nitro benzene ring substituents is 2. The van der Waals surface area contributed by atoms with Crippen LogP contribution in [0.4, 0.5) is 11.4 Å². The quantitative estimate of drug-likeness (QED) is 0.116. The number of para-hydroxylation sites is 2. The van der Waals surface area contributed by atoms with Crippen molar-refractivity contribution < 1.29 is 9.85 Å². The van der Waals surface area contributed by atoms with Gasteiger partial charge >= 0.3 is 0 Å². The van der Waals surface area contributed by atoms with Gasteiger partial charge in [0, 0.05) is 93.5 Å². The first-order valence-corrected chi connectivity index (χ1v) is 16.2. The fraction of sp³-hybridized carbons (Fsp3) is 0.0811. The summed E-state index contributed by atoms with van der Waals surface area (Å²) in [6.45, 7) is 1.16. The van der Waals surface area contributed by atoms with Crippen LogP contribution in [0.25, 0.3) is 66.1 Å². The standard InChI is InChI=1S/C37H24Cl2N6O4/c38-30-12-10-22(44(46)47)20-28(30)34-36-26(14-16-40-34)24-6-1-3-8-32(24)42(36)18-5-19-43-33-9-4-2-7-25(33)27-15-17-41-35(37(27)43)29-21-23(45(48)49)11-13-31(29)39/h1-4,6-17,20-21H,5,18-19H2. The SMILES string of the molecule is O=[N+]([O-])c1ccc(Cl)c(-c2nccc3c4ccccc4n(CCCn4c5ccccc5c5ccnc(-c6cc([N+](=O)[O-])ccc6Cl)c54)c23)c1. The van der Waals surface area contributed by atoms with Crippen molar-refractivity contribution in [1.82, 2.24) is 19.1 Å². The fourth-order valence-electron chi connectivity index (χ4n) is 6.87. The Kier molecular flexibility index (Phi) is 7.47. The summed E-state index contributed by atoms with van der Waals surface area (Å²) < 4.78 is 4.40. The molecule has 0 spiro atoms. The molecule has 0 unspecified atom stereocenters. The summed E-state index contributed by atoms with van der Waals surface area (Å²) >= 11 is 13.3. The van der Waals surface area contributed by atoms with Crippen molar-refractivity contribution in [3.63, 3.8) is 0 Å². The minimum atomic E-state index is -0.439. The lowest BCUT2D eigenvalue weighted by Crippen LogP contribution is -2.06. The molecule has 0 aliphatic heterocycles. The zero-order chi connectivity index (χ0) is 33.8. The second-order valence-corrected chi connectivity index (χ2v) is 12.5. The molecular weight excluding hydrogens is 663 g/mol. The van der Waals surface area contributed by atoms with Gasteiger partial charge < -0.3 is 9.13 Å². The molecule has 0 radical (unpaired) electrons. The lowest BCUT2D eigenvalue weighted by atomic mass is 10.1. The van der Waals surface area contributed by atoms with Crippen molar-refractivity contribution in [2.45, 2.75) is 19.5 Å².